The molecule has 1 atom stereocenters. The number of carbonyl (C=O) groups excluding carboxylic acids is 1. The molecule has 6 heteroatoms. The molecule has 0 unspecified atom stereocenters. The van der Waals surface area contributed by atoms with Crippen LogP contribution in [0.2, 0.25) is 0 Å². The molecular formula is C17H22N2O3S. The van der Waals surface area contributed by atoms with Crippen molar-refractivity contribution in [2.24, 2.45) is 5.41 Å². The van der Waals surface area contributed by atoms with E-state index in [2.05, 4.69) is 0 Å². The quantitative estimate of drug-likeness (QED) is 0.848. The number of amides is 1. The zero-order valence-corrected chi connectivity index (χ0v) is 14.2. The molecule has 1 saturated carbocycles. The largest absolute Gasteiger partial charge is 0.312 e. The standard InChI is InChI=1S/C17H22N2O3S/c1-13-4-2-3-5-15(13)19-12-17(10-16(19)20)8-9-18(11-17)23(21,22)14-6-7-14/h2-5,14H,6-12H2,1H3/t17-/m1/s1. The van der Waals surface area contributed by atoms with E-state index in [1.54, 1.807) is 4.31 Å². The first-order chi connectivity index (χ1) is 10.9. The highest BCUT2D eigenvalue weighted by Gasteiger charge is 2.52. The molecule has 3 aliphatic rings. The number of aryl methyl sites for hydroxylation is 1. The fourth-order valence-corrected chi connectivity index (χ4v) is 5.90. The number of hydrogen-bond donors (Lipinski definition) is 0. The van der Waals surface area contributed by atoms with Gasteiger partial charge < -0.3 is 4.90 Å². The van der Waals surface area contributed by atoms with E-state index < -0.39 is 10.0 Å². The van der Waals surface area contributed by atoms with Crippen molar-refractivity contribution in [3.63, 3.8) is 0 Å². The van der Waals surface area contributed by atoms with E-state index in [9.17, 15) is 13.2 Å². The van der Waals surface area contributed by atoms with E-state index in [1.165, 1.54) is 0 Å². The zero-order valence-electron chi connectivity index (χ0n) is 13.4. The third-order valence-corrected chi connectivity index (χ3v) is 7.78. The molecule has 5 nitrogen and oxygen atoms in total. The Hall–Kier alpha value is -1.40. The molecule has 2 saturated heterocycles. The van der Waals surface area contributed by atoms with Crippen LogP contribution < -0.4 is 4.90 Å². The molecule has 1 aromatic carbocycles. The van der Waals surface area contributed by atoms with Crippen molar-refractivity contribution in [2.45, 2.75) is 37.9 Å². The van der Waals surface area contributed by atoms with Gasteiger partial charge in [0.2, 0.25) is 15.9 Å². The van der Waals surface area contributed by atoms with Crippen LogP contribution in [-0.4, -0.2) is 43.5 Å². The summed E-state index contributed by atoms with van der Waals surface area (Å²) in [7, 11) is -3.13. The molecule has 2 heterocycles. The third kappa shape index (κ3) is 2.48. The van der Waals surface area contributed by atoms with Crippen LogP contribution in [0.3, 0.4) is 0 Å². The van der Waals surface area contributed by atoms with Crippen LogP contribution >= 0.6 is 0 Å². The van der Waals surface area contributed by atoms with Crippen LogP contribution in [0.5, 0.6) is 0 Å². The molecule has 0 N–H and O–H groups in total. The van der Waals surface area contributed by atoms with Crippen LogP contribution in [-0.2, 0) is 14.8 Å². The molecule has 2 aliphatic heterocycles. The topological polar surface area (TPSA) is 57.7 Å². The number of rotatable bonds is 3. The summed E-state index contributed by atoms with van der Waals surface area (Å²) in [6.45, 7) is 3.70. The fourth-order valence-electron chi connectivity index (χ4n) is 3.94. The molecule has 4 rings (SSSR count). The maximum absolute atomic E-state index is 12.5. The van der Waals surface area contributed by atoms with Gasteiger partial charge in [-0.2, -0.15) is 0 Å². The van der Waals surface area contributed by atoms with E-state index in [0.717, 1.165) is 30.5 Å². The second kappa shape index (κ2) is 5.05. The van der Waals surface area contributed by atoms with Crippen LogP contribution in [0.15, 0.2) is 24.3 Å². The highest BCUT2D eigenvalue weighted by molar-refractivity contribution is 7.90. The minimum absolute atomic E-state index is 0.116. The molecule has 124 valence electrons. The Morgan fingerprint density at radius 2 is 1.91 bits per heavy atom. The van der Waals surface area contributed by atoms with Crippen molar-refractivity contribution >= 4 is 21.6 Å². The Bertz CT molecular complexity index is 757. The Morgan fingerprint density at radius 3 is 2.61 bits per heavy atom. The van der Waals surface area contributed by atoms with Gasteiger partial charge in [-0.25, -0.2) is 12.7 Å². The van der Waals surface area contributed by atoms with Gasteiger partial charge in [0, 0.05) is 37.2 Å². The normalized spacial score (nSPS) is 28.9. The summed E-state index contributed by atoms with van der Waals surface area (Å²) in [5.74, 6) is 0.116. The molecule has 0 bridgehead atoms. The summed E-state index contributed by atoms with van der Waals surface area (Å²) >= 11 is 0. The van der Waals surface area contributed by atoms with Gasteiger partial charge in [0.25, 0.3) is 0 Å². The monoisotopic (exact) mass is 334 g/mol. The smallest absolute Gasteiger partial charge is 0.227 e. The molecule has 1 spiro atoms. The molecule has 1 amide bonds. The summed E-state index contributed by atoms with van der Waals surface area (Å²) in [5.41, 5.74) is 1.83. The van der Waals surface area contributed by atoms with Crippen LogP contribution in [0.1, 0.15) is 31.2 Å². The molecular weight excluding hydrogens is 312 g/mol. The second-order valence-corrected chi connectivity index (χ2v) is 9.48. The van der Waals surface area contributed by atoms with E-state index in [1.807, 2.05) is 36.1 Å². The minimum Gasteiger partial charge on any atom is -0.312 e. The molecule has 23 heavy (non-hydrogen) atoms. The van der Waals surface area contributed by atoms with Gasteiger partial charge in [-0.05, 0) is 37.8 Å². The lowest BCUT2D eigenvalue weighted by atomic mass is 9.86. The highest BCUT2D eigenvalue weighted by atomic mass is 32.2. The van der Waals surface area contributed by atoms with Crippen molar-refractivity contribution in [1.29, 1.82) is 0 Å². The lowest BCUT2D eigenvalue weighted by Crippen LogP contribution is -2.35. The lowest BCUT2D eigenvalue weighted by molar-refractivity contribution is -0.117. The van der Waals surface area contributed by atoms with Gasteiger partial charge in [-0.15, -0.1) is 0 Å². The maximum atomic E-state index is 12.5. The second-order valence-electron chi connectivity index (χ2n) is 7.27. The maximum Gasteiger partial charge on any atom is 0.227 e. The highest BCUT2D eigenvalue weighted by Crippen LogP contribution is 2.45. The number of benzene rings is 1. The fraction of sp³-hybridized carbons (Fsp3) is 0.588. The van der Waals surface area contributed by atoms with E-state index in [4.69, 9.17) is 0 Å². The van der Waals surface area contributed by atoms with Crippen molar-refractivity contribution < 1.29 is 13.2 Å². The molecule has 1 aromatic rings. The molecule has 3 fully saturated rings. The van der Waals surface area contributed by atoms with Crippen LogP contribution in [0.25, 0.3) is 0 Å². The summed E-state index contributed by atoms with van der Waals surface area (Å²) < 4.78 is 26.5. The Balaban J connectivity index is 1.56. The molecule has 0 aromatic heterocycles. The SMILES string of the molecule is Cc1ccccc1N1C[C@]2(CCN(S(=O)(=O)C3CC3)C2)CC1=O. The van der Waals surface area contributed by atoms with Crippen LogP contribution in [0, 0.1) is 12.3 Å². The Morgan fingerprint density at radius 1 is 1.17 bits per heavy atom. The average molecular weight is 334 g/mol. The molecule has 1 aliphatic carbocycles. The van der Waals surface area contributed by atoms with Gasteiger partial charge in [0.05, 0.1) is 5.25 Å². The number of para-hydroxylation sites is 1. The van der Waals surface area contributed by atoms with Crippen molar-refractivity contribution in [1.82, 2.24) is 4.31 Å². The van der Waals surface area contributed by atoms with Crippen molar-refractivity contribution in [3.8, 4) is 0 Å². The van der Waals surface area contributed by atoms with E-state index in [0.29, 0.717) is 26.1 Å². The summed E-state index contributed by atoms with van der Waals surface area (Å²) in [4.78, 5) is 14.4. The average Bonchev–Trinajstić information content (AvgIpc) is 3.22. The zero-order chi connectivity index (χ0) is 16.2. The first kappa shape index (κ1) is 15.1. The predicted octanol–water partition coefficient (Wildman–Crippen LogP) is 1.92. The van der Waals surface area contributed by atoms with E-state index >= 15 is 0 Å². The Kier molecular flexibility index (Phi) is 3.32. The third-order valence-electron chi connectivity index (χ3n) is 5.44. The summed E-state index contributed by atoms with van der Waals surface area (Å²) in [6, 6.07) is 7.89. The first-order valence-corrected chi connectivity index (χ1v) is 9.77. The van der Waals surface area contributed by atoms with Crippen LogP contribution in [0.4, 0.5) is 5.69 Å². The summed E-state index contributed by atoms with van der Waals surface area (Å²) in [5, 5.41) is -0.165. The minimum atomic E-state index is -3.13. The van der Waals surface area contributed by atoms with Gasteiger partial charge in [0.15, 0.2) is 0 Å². The van der Waals surface area contributed by atoms with Gasteiger partial charge in [-0.1, -0.05) is 18.2 Å². The van der Waals surface area contributed by atoms with Crippen molar-refractivity contribution in [2.75, 3.05) is 24.5 Å². The van der Waals surface area contributed by atoms with E-state index in [-0.39, 0.29) is 16.6 Å². The number of hydrogen-bond acceptors (Lipinski definition) is 3. The molecule has 0 radical (unpaired) electrons. The number of sulfonamides is 1. The Labute approximate surface area is 137 Å². The van der Waals surface area contributed by atoms with Gasteiger partial charge in [0.1, 0.15) is 0 Å². The number of anilines is 1. The predicted molar refractivity (Wildman–Crippen MR) is 88.7 cm³/mol. The number of carbonyl (C=O) groups is 1. The number of nitrogens with zero attached hydrogens (tertiary/aromatic N) is 2. The van der Waals surface area contributed by atoms with Gasteiger partial charge in [-0.3, -0.25) is 4.79 Å². The van der Waals surface area contributed by atoms with Gasteiger partial charge >= 0.3 is 0 Å². The summed E-state index contributed by atoms with van der Waals surface area (Å²) in [6.07, 6.45) is 2.82. The lowest BCUT2D eigenvalue weighted by Gasteiger charge is -2.25. The van der Waals surface area contributed by atoms with Crippen molar-refractivity contribution in [3.05, 3.63) is 29.8 Å². The first-order valence-electron chi connectivity index (χ1n) is 8.26.